The highest BCUT2D eigenvalue weighted by Gasteiger charge is 2.23. The van der Waals surface area contributed by atoms with Gasteiger partial charge in [0, 0.05) is 19.3 Å². The molecule has 1 amide bonds. The number of nitrogens with zero attached hydrogens (tertiary/aromatic N) is 5. The van der Waals surface area contributed by atoms with Gasteiger partial charge in [0.1, 0.15) is 5.69 Å². The minimum absolute atomic E-state index is 0.0390. The molecule has 0 spiro atoms. The molecule has 0 bridgehead atoms. The van der Waals surface area contributed by atoms with Gasteiger partial charge < -0.3 is 4.90 Å². The molecule has 0 N–H and O–H groups in total. The number of carbonyl (C=O) groups is 1. The largest absolute Gasteiger partial charge is 0.309 e. The van der Waals surface area contributed by atoms with E-state index in [-0.39, 0.29) is 5.91 Å². The maximum Gasteiger partial charge on any atom is 0.278 e. The number of fused-ring (bicyclic) bond motifs is 1. The van der Waals surface area contributed by atoms with E-state index in [0.717, 1.165) is 34.7 Å². The lowest BCUT2D eigenvalue weighted by Gasteiger charge is -2.21. The molecule has 7 heteroatoms. The molecule has 144 valence electrons. The fourth-order valence-electron chi connectivity index (χ4n) is 3.03. The van der Waals surface area contributed by atoms with Crippen LogP contribution in [0, 0.1) is 0 Å². The zero-order valence-electron chi connectivity index (χ0n) is 16.5. The zero-order valence-corrected chi connectivity index (χ0v) is 17.3. The van der Waals surface area contributed by atoms with E-state index in [0.29, 0.717) is 18.8 Å². The van der Waals surface area contributed by atoms with Gasteiger partial charge in [0.25, 0.3) is 5.91 Å². The molecule has 2 heterocycles. The Morgan fingerprint density at radius 2 is 2.00 bits per heavy atom. The van der Waals surface area contributed by atoms with Crippen LogP contribution in [0.25, 0.3) is 10.2 Å². The highest BCUT2D eigenvalue weighted by Crippen LogP contribution is 2.30. The number of anilines is 1. The minimum atomic E-state index is -0.0390. The van der Waals surface area contributed by atoms with E-state index < -0.39 is 0 Å². The van der Waals surface area contributed by atoms with Crippen molar-refractivity contribution < 1.29 is 4.79 Å². The fraction of sp³-hybridized carbons (Fsp3) is 0.450. The summed E-state index contributed by atoms with van der Waals surface area (Å²) < 4.78 is 2.86. The van der Waals surface area contributed by atoms with Crippen LogP contribution < -0.4 is 4.90 Å². The zero-order chi connectivity index (χ0) is 19.4. The molecular weight excluding hydrogens is 358 g/mol. The summed E-state index contributed by atoms with van der Waals surface area (Å²) >= 11 is 1.58. The van der Waals surface area contributed by atoms with Gasteiger partial charge in [-0.3, -0.25) is 14.4 Å². The molecule has 1 aromatic carbocycles. The Hall–Kier alpha value is -2.25. The van der Waals surface area contributed by atoms with Gasteiger partial charge in [-0.25, -0.2) is 4.98 Å². The van der Waals surface area contributed by atoms with Crippen molar-refractivity contribution in [1.29, 1.82) is 0 Å². The number of hydrogen-bond acceptors (Lipinski definition) is 5. The number of amides is 1. The summed E-state index contributed by atoms with van der Waals surface area (Å²) in [5.41, 5.74) is 2.84. The summed E-state index contributed by atoms with van der Waals surface area (Å²) in [6.45, 7) is 6.35. The quantitative estimate of drug-likeness (QED) is 0.594. The maximum absolute atomic E-state index is 13.3. The van der Waals surface area contributed by atoms with Crippen LogP contribution in [-0.2, 0) is 13.0 Å². The number of benzene rings is 1. The number of thiazole rings is 1. The molecular formula is C20H27N5OS. The molecule has 0 saturated heterocycles. The highest BCUT2D eigenvalue weighted by atomic mass is 32.1. The van der Waals surface area contributed by atoms with E-state index in [4.69, 9.17) is 4.98 Å². The maximum atomic E-state index is 13.3. The first-order chi connectivity index (χ1) is 13.0. The third kappa shape index (κ3) is 4.36. The highest BCUT2D eigenvalue weighted by molar-refractivity contribution is 7.22. The minimum Gasteiger partial charge on any atom is -0.309 e. The first kappa shape index (κ1) is 19.5. The second-order valence-electron chi connectivity index (χ2n) is 6.80. The molecule has 0 atom stereocenters. The molecule has 0 aliphatic heterocycles. The van der Waals surface area contributed by atoms with Crippen LogP contribution in [-0.4, -0.2) is 52.8 Å². The Kier molecular flexibility index (Phi) is 6.23. The second-order valence-corrected chi connectivity index (χ2v) is 7.81. The van der Waals surface area contributed by atoms with Gasteiger partial charge in [0.15, 0.2) is 5.13 Å². The van der Waals surface area contributed by atoms with Crippen molar-refractivity contribution in [2.24, 2.45) is 0 Å². The number of carbonyl (C=O) groups excluding carboxylic acids is 1. The van der Waals surface area contributed by atoms with Gasteiger partial charge in [-0.1, -0.05) is 24.3 Å². The molecule has 3 aromatic rings. The Balaban J connectivity index is 1.94. The molecule has 0 aliphatic rings. The molecule has 0 radical (unpaired) electrons. The Morgan fingerprint density at radius 1 is 1.19 bits per heavy atom. The molecule has 0 fully saturated rings. The second kappa shape index (κ2) is 8.63. The Bertz CT molecular complexity index is 914. The van der Waals surface area contributed by atoms with E-state index in [1.807, 2.05) is 32.0 Å². The van der Waals surface area contributed by atoms with Gasteiger partial charge in [-0.2, -0.15) is 5.10 Å². The first-order valence-corrected chi connectivity index (χ1v) is 10.2. The normalized spacial score (nSPS) is 11.4. The standard InChI is InChI=1S/C20H27N5OS/c1-5-15-8-9-16-18(14-15)27-20(22-16)24(13-7-12-23(3)4)19(26)17-10-11-21-25(17)6-2/h8-11,14H,5-7,12-13H2,1-4H3. The van der Waals surface area contributed by atoms with Crippen LogP contribution in [0.1, 0.15) is 36.3 Å². The van der Waals surface area contributed by atoms with Crippen molar-refractivity contribution >= 4 is 32.6 Å². The predicted molar refractivity (Wildman–Crippen MR) is 112 cm³/mol. The topological polar surface area (TPSA) is 54.3 Å². The summed E-state index contributed by atoms with van der Waals surface area (Å²) in [6.07, 6.45) is 3.56. The number of aryl methyl sites for hydroxylation is 2. The van der Waals surface area contributed by atoms with Crippen molar-refractivity contribution in [3.8, 4) is 0 Å². The lowest BCUT2D eigenvalue weighted by atomic mass is 10.2. The average Bonchev–Trinajstić information content (AvgIpc) is 3.29. The summed E-state index contributed by atoms with van der Waals surface area (Å²) in [6, 6.07) is 8.12. The van der Waals surface area contributed by atoms with Crippen molar-refractivity contribution in [2.45, 2.75) is 33.2 Å². The molecule has 27 heavy (non-hydrogen) atoms. The van der Waals surface area contributed by atoms with Crippen LogP contribution in [0.4, 0.5) is 5.13 Å². The fourth-order valence-corrected chi connectivity index (χ4v) is 4.08. The van der Waals surface area contributed by atoms with Gasteiger partial charge in [-0.05, 0) is 64.2 Å². The van der Waals surface area contributed by atoms with Gasteiger partial charge in [0.2, 0.25) is 0 Å². The molecule has 0 saturated carbocycles. The summed E-state index contributed by atoms with van der Waals surface area (Å²) in [7, 11) is 4.09. The Labute approximate surface area is 164 Å². The molecule has 3 rings (SSSR count). The smallest absolute Gasteiger partial charge is 0.278 e. The third-order valence-corrected chi connectivity index (χ3v) is 5.59. The van der Waals surface area contributed by atoms with E-state index in [9.17, 15) is 4.79 Å². The summed E-state index contributed by atoms with van der Waals surface area (Å²) in [5.74, 6) is -0.0390. The van der Waals surface area contributed by atoms with E-state index in [1.54, 1.807) is 28.3 Å². The van der Waals surface area contributed by atoms with Crippen LogP contribution in [0.2, 0.25) is 0 Å². The lowest BCUT2D eigenvalue weighted by Crippen LogP contribution is -2.34. The van der Waals surface area contributed by atoms with E-state index in [1.165, 1.54) is 5.56 Å². The van der Waals surface area contributed by atoms with Gasteiger partial charge in [0.05, 0.1) is 10.2 Å². The monoisotopic (exact) mass is 385 g/mol. The van der Waals surface area contributed by atoms with E-state index in [2.05, 4.69) is 29.1 Å². The van der Waals surface area contributed by atoms with Crippen molar-refractivity contribution in [2.75, 3.05) is 32.1 Å². The Morgan fingerprint density at radius 3 is 2.70 bits per heavy atom. The van der Waals surface area contributed by atoms with Gasteiger partial charge >= 0.3 is 0 Å². The SMILES string of the molecule is CCc1ccc2nc(N(CCCN(C)C)C(=O)c3ccnn3CC)sc2c1. The summed E-state index contributed by atoms with van der Waals surface area (Å²) in [4.78, 5) is 22.0. The molecule has 0 aliphatic carbocycles. The summed E-state index contributed by atoms with van der Waals surface area (Å²) in [5, 5.41) is 5.01. The van der Waals surface area contributed by atoms with Crippen molar-refractivity contribution in [3.05, 3.63) is 41.7 Å². The van der Waals surface area contributed by atoms with Crippen molar-refractivity contribution in [3.63, 3.8) is 0 Å². The van der Waals surface area contributed by atoms with Crippen LogP contribution in [0.15, 0.2) is 30.5 Å². The first-order valence-electron chi connectivity index (χ1n) is 9.41. The lowest BCUT2D eigenvalue weighted by molar-refractivity contribution is 0.0975. The van der Waals surface area contributed by atoms with Crippen LogP contribution in [0.5, 0.6) is 0 Å². The van der Waals surface area contributed by atoms with Crippen LogP contribution in [0.3, 0.4) is 0 Å². The van der Waals surface area contributed by atoms with Gasteiger partial charge in [-0.15, -0.1) is 0 Å². The molecule has 6 nitrogen and oxygen atoms in total. The average molecular weight is 386 g/mol. The van der Waals surface area contributed by atoms with E-state index >= 15 is 0 Å². The third-order valence-electron chi connectivity index (χ3n) is 4.55. The van der Waals surface area contributed by atoms with Crippen molar-refractivity contribution in [1.82, 2.24) is 19.7 Å². The molecule has 2 aromatic heterocycles. The predicted octanol–water partition coefficient (Wildman–Crippen LogP) is 3.67. The number of rotatable bonds is 8. The van der Waals surface area contributed by atoms with Crippen LogP contribution >= 0.6 is 11.3 Å². The molecule has 0 unspecified atom stereocenters. The number of aromatic nitrogens is 3. The number of hydrogen-bond donors (Lipinski definition) is 0.